The van der Waals surface area contributed by atoms with Crippen molar-refractivity contribution in [3.63, 3.8) is 0 Å². The fourth-order valence-corrected chi connectivity index (χ4v) is 4.38. The number of aromatic nitrogens is 2. The summed E-state index contributed by atoms with van der Waals surface area (Å²) in [4.78, 5) is 34.5. The summed E-state index contributed by atoms with van der Waals surface area (Å²) in [5, 5.41) is 7.91. The Hall–Kier alpha value is -4.39. The number of rotatable bonds is 10. The maximum absolute atomic E-state index is 13.9. The molecule has 1 saturated heterocycles. The van der Waals surface area contributed by atoms with Crippen molar-refractivity contribution in [1.82, 2.24) is 9.97 Å². The van der Waals surface area contributed by atoms with E-state index < -0.39 is 17.8 Å². The van der Waals surface area contributed by atoms with Gasteiger partial charge in [0.25, 0.3) is 0 Å². The summed E-state index contributed by atoms with van der Waals surface area (Å²) in [6.45, 7) is 5.28. The molecule has 1 aliphatic heterocycles. The molecule has 42 heavy (non-hydrogen) atoms. The maximum atomic E-state index is 13.9. The van der Waals surface area contributed by atoms with Crippen LogP contribution in [0.1, 0.15) is 44.2 Å². The number of morpholine rings is 1. The van der Waals surface area contributed by atoms with Gasteiger partial charge in [-0.25, -0.2) is 14.8 Å². The van der Waals surface area contributed by atoms with Gasteiger partial charge in [0.15, 0.2) is 0 Å². The zero-order valence-electron chi connectivity index (χ0n) is 23.4. The number of carbonyl (C=O) groups excluding carboxylic acids is 2. The molecule has 0 saturated carbocycles. The van der Waals surface area contributed by atoms with Gasteiger partial charge in [0.05, 0.1) is 18.8 Å². The summed E-state index contributed by atoms with van der Waals surface area (Å²) < 4.78 is 52.7. The summed E-state index contributed by atoms with van der Waals surface area (Å²) >= 11 is 0. The smallest absolute Gasteiger partial charge is 0.418 e. The first kappa shape index (κ1) is 30.6. The van der Waals surface area contributed by atoms with Crippen molar-refractivity contribution < 1.29 is 32.2 Å². The monoisotopic (exact) mass is 586 g/mol. The lowest BCUT2D eigenvalue weighted by Gasteiger charge is -2.31. The molecular weight excluding hydrogens is 553 g/mol. The fourth-order valence-electron chi connectivity index (χ4n) is 4.38. The minimum Gasteiger partial charge on any atom is -0.439 e. The number of hydrogen-bond donors (Lipinski definition) is 3. The van der Waals surface area contributed by atoms with E-state index in [4.69, 9.17) is 9.47 Å². The van der Waals surface area contributed by atoms with Crippen LogP contribution in [0.15, 0.2) is 48.8 Å². The summed E-state index contributed by atoms with van der Waals surface area (Å²) in [6.07, 6.45) is -0.723. The number of nitrogens with zero attached hydrogens (tertiary/aromatic N) is 3. The molecule has 0 aliphatic carbocycles. The molecule has 3 amide bonds. The van der Waals surface area contributed by atoms with Crippen molar-refractivity contribution in [2.45, 2.75) is 45.7 Å². The van der Waals surface area contributed by atoms with E-state index in [0.29, 0.717) is 56.4 Å². The SMILES string of the molecule is CCCCC(=O)Nc1cc(Oc2ccc(NC(=O)Nc3ccc(N4CCOCC4)c(C(F)(F)F)c3)c(CC)c2)ncn1. The number of aryl methyl sites for hydroxylation is 1. The van der Waals surface area contributed by atoms with Crippen LogP contribution >= 0.6 is 0 Å². The molecule has 0 radical (unpaired) electrons. The average Bonchev–Trinajstić information content (AvgIpc) is 2.97. The Bertz CT molecular complexity index is 1400. The number of halogens is 3. The lowest BCUT2D eigenvalue weighted by atomic mass is 10.1. The molecule has 0 atom stereocenters. The van der Waals surface area contributed by atoms with Gasteiger partial charge in [0, 0.05) is 42.6 Å². The van der Waals surface area contributed by atoms with Gasteiger partial charge in [0.1, 0.15) is 17.9 Å². The number of unbranched alkanes of at least 4 members (excludes halogenated alkanes) is 1. The second-order valence-corrected chi connectivity index (χ2v) is 9.58. The number of alkyl halides is 3. The Labute approximate surface area is 241 Å². The number of anilines is 4. The molecule has 0 unspecified atom stereocenters. The van der Waals surface area contributed by atoms with E-state index in [1.807, 2.05) is 13.8 Å². The Morgan fingerprint density at radius 2 is 1.79 bits per heavy atom. The van der Waals surface area contributed by atoms with Gasteiger partial charge in [-0.05, 0) is 54.8 Å². The standard InChI is InChI=1S/C29H33F3N6O4/c1-3-5-6-26(39)37-25-17-27(34-18-33-25)42-21-8-9-23(19(4-2)15-21)36-28(40)35-20-7-10-24(22(16-20)29(30,31)32)38-11-13-41-14-12-38/h7-10,15-18H,3-6,11-14H2,1-2H3,(H2,35,36,40)(H,33,34,37,39). The largest absolute Gasteiger partial charge is 0.439 e. The van der Waals surface area contributed by atoms with Crippen LogP contribution in [0.4, 0.5) is 40.8 Å². The van der Waals surface area contributed by atoms with Gasteiger partial charge in [-0.3, -0.25) is 4.79 Å². The summed E-state index contributed by atoms with van der Waals surface area (Å²) in [5.41, 5.74) is 0.427. The van der Waals surface area contributed by atoms with Crippen LogP contribution in [-0.2, 0) is 22.1 Å². The minimum atomic E-state index is -4.60. The molecule has 3 aromatic rings. The minimum absolute atomic E-state index is 0.0104. The van der Waals surface area contributed by atoms with E-state index in [-0.39, 0.29) is 23.2 Å². The lowest BCUT2D eigenvalue weighted by molar-refractivity contribution is -0.137. The number of nitrogens with one attached hydrogen (secondary N) is 3. The van der Waals surface area contributed by atoms with Crippen LogP contribution < -0.4 is 25.6 Å². The van der Waals surface area contributed by atoms with Crippen LogP contribution in [0.3, 0.4) is 0 Å². The van der Waals surface area contributed by atoms with Crippen molar-refractivity contribution in [3.8, 4) is 11.6 Å². The third-order valence-corrected chi connectivity index (χ3v) is 6.51. The first-order chi connectivity index (χ1) is 20.2. The maximum Gasteiger partial charge on any atom is 0.418 e. The predicted molar refractivity (Wildman–Crippen MR) is 153 cm³/mol. The van der Waals surface area contributed by atoms with E-state index in [9.17, 15) is 22.8 Å². The van der Waals surface area contributed by atoms with Crippen molar-refractivity contribution in [2.24, 2.45) is 0 Å². The molecule has 1 fully saturated rings. The molecule has 0 spiro atoms. The molecular formula is C29H33F3N6O4. The van der Waals surface area contributed by atoms with E-state index >= 15 is 0 Å². The topological polar surface area (TPSA) is 118 Å². The Morgan fingerprint density at radius 1 is 1.00 bits per heavy atom. The Balaban J connectivity index is 1.42. The molecule has 3 N–H and O–H groups in total. The van der Waals surface area contributed by atoms with Crippen molar-refractivity contribution in [2.75, 3.05) is 47.2 Å². The molecule has 13 heteroatoms. The molecule has 224 valence electrons. The van der Waals surface area contributed by atoms with Crippen LogP contribution in [0.5, 0.6) is 11.6 Å². The van der Waals surface area contributed by atoms with Crippen LogP contribution in [0.25, 0.3) is 0 Å². The summed E-state index contributed by atoms with van der Waals surface area (Å²) in [6, 6.07) is 9.53. The highest BCUT2D eigenvalue weighted by molar-refractivity contribution is 6.00. The third kappa shape index (κ3) is 8.32. The van der Waals surface area contributed by atoms with Crippen molar-refractivity contribution >= 4 is 34.8 Å². The molecule has 2 aromatic carbocycles. The quantitative estimate of drug-likeness (QED) is 0.250. The van der Waals surface area contributed by atoms with Gasteiger partial charge in [0.2, 0.25) is 11.8 Å². The Kier molecular flexibility index (Phi) is 10.2. The predicted octanol–water partition coefficient (Wildman–Crippen LogP) is 6.46. The van der Waals surface area contributed by atoms with Crippen LogP contribution in [-0.4, -0.2) is 48.2 Å². The van der Waals surface area contributed by atoms with Gasteiger partial charge in [-0.2, -0.15) is 13.2 Å². The molecule has 4 rings (SSSR count). The average molecular weight is 587 g/mol. The van der Waals surface area contributed by atoms with E-state index in [2.05, 4.69) is 25.9 Å². The zero-order valence-corrected chi connectivity index (χ0v) is 23.4. The van der Waals surface area contributed by atoms with Gasteiger partial charge < -0.3 is 30.3 Å². The first-order valence-electron chi connectivity index (χ1n) is 13.7. The highest BCUT2D eigenvalue weighted by Gasteiger charge is 2.35. The molecule has 2 heterocycles. The van der Waals surface area contributed by atoms with E-state index in [0.717, 1.165) is 24.5 Å². The third-order valence-electron chi connectivity index (χ3n) is 6.51. The highest BCUT2D eigenvalue weighted by atomic mass is 19.4. The summed E-state index contributed by atoms with van der Waals surface area (Å²) in [5.74, 6) is 0.829. The Morgan fingerprint density at radius 3 is 2.50 bits per heavy atom. The number of amides is 3. The normalized spacial score (nSPS) is 13.4. The molecule has 1 aromatic heterocycles. The second kappa shape index (κ2) is 14.0. The van der Waals surface area contributed by atoms with E-state index in [1.165, 1.54) is 24.5 Å². The number of benzene rings is 2. The van der Waals surface area contributed by atoms with Gasteiger partial charge in [-0.1, -0.05) is 20.3 Å². The number of urea groups is 1. The lowest BCUT2D eigenvalue weighted by Crippen LogP contribution is -2.37. The highest BCUT2D eigenvalue weighted by Crippen LogP contribution is 2.38. The van der Waals surface area contributed by atoms with Crippen LogP contribution in [0, 0.1) is 0 Å². The number of carbonyl (C=O) groups is 2. The first-order valence-corrected chi connectivity index (χ1v) is 13.7. The molecule has 10 nitrogen and oxygen atoms in total. The fraction of sp³-hybridized carbons (Fsp3) is 0.379. The van der Waals surface area contributed by atoms with E-state index in [1.54, 1.807) is 23.1 Å². The number of ether oxygens (including phenoxy) is 2. The van der Waals surface area contributed by atoms with Crippen molar-refractivity contribution in [3.05, 3.63) is 59.9 Å². The summed E-state index contributed by atoms with van der Waals surface area (Å²) in [7, 11) is 0. The number of hydrogen-bond acceptors (Lipinski definition) is 7. The molecule has 0 bridgehead atoms. The van der Waals surface area contributed by atoms with Crippen molar-refractivity contribution in [1.29, 1.82) is 0 Å². The van der Waals surface area contributed by atoms with Gasteiger partial charge in [-0.15, -0.1) is 0 Å². The molecule has 1 aliphatic rings. The van der Waals surface area contributed by atoms with Crippen LogP contribution in [0.2, 0.25) is 0 Å². The zero-order chi connectivity index (χ0) is 30.1. The van der Waals surface area contributed by atoms with Gasteiger partial charge >= 0.3 is 12.2 Å². The second-order valence-electron chi connectivity index (χ2n) is 9.58.